The molecule has 2 unspecified atom stereocenters. The van der Waals surface area contributed by atoms with Crippen molar-refractivity contribution in [2.45, 2.75) is 6.04 Å². The molecule has 102 valence electrons. The Morgan fingerprint density at radius 2 is 1.80 bits per heavy atom. The molecule has 1 aliphatic carbocycles. The van der Waals surface area contributed by atoms with E-state index in [1.54, 1.807) is 0 Å². The predicted molar refractivity (Wildman–Crippen MR) is 79.7 cm³/mol. The first-order valence-electron chi connectivity index (χ1n) is 7.09. The minimum Gasteiger partial charge on any atom is -0.334 e. The van der Waals surface area contributed by atoms with Crippen molar-refractivity contribution in [3.05, 3.63) is 42.5 Å². The number of fused-ring (bicyclic) bond motifs is 2. The summed E-state index contributed by atoms with van der Waals surface area (Å²) in [6.45, 7) is 2.06. The van der Waals surface area contributed by atoms with Crippen LogP contribution in [0.2, 0.25) is 0 Å². The van der Waals surface area contributed by atoms with E-state index in [1.807, 2.05) is 30.3 Å². The molecule has 1 saturated heterocycles. The largest absolute Gasteiger partial charge is 0.334 e. The smallest absolute Gasteiger partial charge is 0.319 e. The molecule has 0 aromatic heterocycles. The number of anilines is 1. The molecular weight excluding hydrogens is 250 g/mol. The first kappa shape index (κ1) is 11.7. The molecule has 2 aromatic rings. The molecule has 4 heteroatoms. The second kappa shape index (κ2) is 4.49. The molecule has 1 aliphatic heterocycles. The van der Waals surface area contributed by atoms with Crippen LogP contribution in [0.4, 0.5) is 10.5 Å². The molecule has 2 amide bonds. The maximum atomic E-state index is 12.1. The lowest BCUT2D eigenvalue weighted by Crippen LogP contribution is -2.35. The summed E-state index contributed by atoms with van der Waals surface area (Å²) >= 11 is 0. The summed E-state index contributed by atoms with van der Waals surface area (Å²) in [5.74, 6) is 1.27. The summed E-state index contributed by atoms with van der Waals surface area (Å²) in [7, 11) is 0. The Labute approximate surface area is 117 Å². The van der Waals surface area contributed by atoms with Crippen molar-refractivity contribution in [3.63, 3.8) is 0 Å². The van der Waals surface area contributed by atoms with E-state index >= 15 is 0 Å². The average molecular weight is 267 g/mol. The zero-order valence-corrected chi connectivity index (χ0v) is 11.1. The Balaban J connectivity index is 1.48. The van der Waals surface area contributed by atoms with Gasteiger partial charge >= 0.3 is 6.03 Å². The molecule has 4 nitrogen and oxygen atoms in total. The van der Waals surface area contributed by atoms with Gasteiger partial charge in [0.15, 0.2) is 0 Å². The van der Waals surface area contributed by atoms with Gasteiger partial charge in [0, 0.05) is 24.5 Å². The second-order valence-electron chi connectivity index (χ2n) is 5.64. The average Bonchev–Trinajstić information content (AvgIpc) is 2.90. The summed E-state index contributed by atoms with van der Waals surface area (Å²) in [5, 5.41) is 11.6. The first-order chi connectivity index (χ1) is 9.83. The Hall–Kier alpha value is -2.07. The molecule has 2 atom stereocenters. The number of urea groups is 1. The number of hydrogen-bond donors (Lipinski definition) is 3. The predicted octanol–water partition coefficient (Wildman–Crippen LogP) is 2.18. The number of hydrogen-bond acceptors (Lipinski definition) is 2. The molecule has 20 heavy (non-hydrogen) atoms. The van der Waals surface area contributed by atoms with Crippen LogP contribution >= 0.6 is 0 Å². The molecule has 1 saturated carbocycles. The fourth-order valence-corrected chi connectivity index (χ4v) is 3.28. The summed E-state index contributed by atoms with van der Waals surface area (Å²) in [5.41, 5.74) is 0.865. The molecule has 1 heterocycles. The standard InChI is InChI=1S/C16H17N3O/c20-16(19-15-12-8-17-9-13(12)15)18-14-7-3-5-10-4-1-2-6-11(10)14/h1-7,12-13,15,17H,8-9H2,(H2,18,19,20). The topological polar surface area (TPSA) is 53.2 Å². The van der Waals surface area contributed by atoms with E-state index in [0.29, 0.717) is 17.9 Å². The lowest BCUT2D eigenvalue weighted by molar-refractivity contribution is 0.250. The SMILES string of the molecule is O=C(Nc1cccc2ccccc12)NC1C2CNCC21. The summed E-state index contributed by atoms with van der Waals surface area (Å²) in [6.07, 6.45) is 0. The Morgan fingerprint density at radius 1 is 1.05 bits per heavy atom. The highest BCUT2D eigenvalue weighted by Crippen LogP contribution is 2.41. The molecule has 2 aliphatic rings. The van der Waals surface area contributed by atoms with E-state index in [0.717, 1.165) is 29.5 Å². The number of amides is 2. The fraction of sp³-hybridized carbons (Fsp3) is 0.312. The third-order valence-corrected chi connectivity index (χ3v) is 4.43. The Morgan fingerprint density at radius 3 is 2.65 bits per heavy atom. The van der Waals surface area contributed by atoms with Crippen LogP contribution in [0.25, 0.3) is 10.8 Å². The lowest BCUT2D eigenvalue weighted by atomic mass is 10.1. The van der Waals surface area contributed by atoms with E-state index in [-0.39, 0.29) is 6.03 Å². The van der Waals surface area contributed by atoms with E-state index < -0.39 is 0 Å². The summed E-state index contributed by atoms with van der Waals surface area (Å²) < 4.78 is 0. The molecule has 3 N–H and O–H groups in total. The maximum absolute atomic E-state index is 12.1. The minimum atomic E-state index is -0.0965. The fourth-order valence-electron chi connectivity index (χ4n) is 3.28. The van der Waals surface area contributed by atoms with Gasteiger partial charge in [-0.2, -0.15) is 0 Å². The van der Waals surface area contributed by atoms with Crippen LogP contribution < -0.4 is 16.0 Å². The van der Waals surface area contributed by atoms with Crippen molar-refractivity contribution < 1.29 is 4.79 Å². The van der Waals surface area contributed by atoms with Crippen LogP contribution in [0.5, 0.6) is 0 Å². The second-order valence-corrected chi connectivity index (χ2v) is 5.64. The third-order valence-electron chi connectivity index (χ3n) is 4.43. The minimum absolute atomic E-state index is 0.0965. The van der Waals surface area contributed by atoms with E-state index in [4.69, 9.17) is 0 Å². The van der Waals surface area contributed by atoms with E-state index in [1.165, 1.54) is 0 Å². The maximum Gasteiger partial charge on any atom is 0.319 e. The van der Waals surface area contributed by atoms with Gasteiger partial charge in [0.2, 0.25) is 0 Å². The molecule has 4 rings (SSSR count). The van der Waals surface area contributed by atoms with Crippen LogP contribution in [-0.4, -0.2) is 25.2 Å². The quantitative estimate of drug-likeness (QED) is 0.781. The normalized spacial score (nSPS) is 27.1. The number of nitrogens with one attached hydrogen (secondary N) is 3. The molecule has 2 aromatic carbocycles. The highest BCUT2D eigenvalue weighted by atomic mass is 16.2. The van der Waals surface area contributed by atoms with Gasteiger partial charge in [-0.25, -0.2) is 4.79 Å². The van der Waals surface area contributed by atoms with Gasteiger partial charge in [-0.3, -0.25) is 0 Å². The molecular formula is C16H17N3O. The summed E-state index contributed by atoms with van der Waals surface area (Å²) in [4.78, 5) is 12.1. The van der Waals surface area contributed by atoms with Crippen molar-refractivity contribution in [1.82, 2.24) is 10.6 Å². The number of benzene rings is 2. The number of piperidine rings is 1. The number of carbonyl (C=O) groups excluding carboxylic acids is 1. The zero-order chi connectivity index (χ0) is 13.5. The van der Waals surface area contributed by atoms with Crippen molar-refractivity contribution in [3.8, 4) is 0 Å². The van der Waals surface area contributed by atoms with Crippen molar-refractivity contribution in [2.24, 2.45) is 11.8 Å². The van der Waals surface area contributed by atoms with Crippen molar-refractivity contribution in [2.75, 3.05) is 18.4 Å². The molecule has 0 bridgehead atoms. The van der Waals surface area contributed by atoms with E-state index in [9.17, 15) is 4.79 Å². The van der Waals surface area contributed by atoms with E-state index in [2.05, 4.69) is 28.1 Å². The first-order valence-corrected chi connectivity index (χ1v) is 7.09. The van der Waals surface area contributed by atoms with Crippen LogP contribution in [0, 0.1) is 11.8 Å². The van der Waals surface area contributed by atoms with Gasteiger partial charge in [0.1, 0.15) is 0 Å². The Kier molecular flexibility index (Phi) is 2.63. The van der Waals surface area contributed by atoms with Gasteiger partial charge in [-0.15, -0.1) is 0 Å². The van der Waals surface area contributed by atoms with Gasteiger partial charge in [-0.05, 0) is 23.3 Å². The Bertz CT molecular complexity index is 654. The van der Waals surface area contributed by atoms with Crippen molar-refractivity contribution in [1.29, 1.82) is 0 Å². The lowest BCUT2D eigenvalue weighted by Gasteiger charge is -2.11. The number of carbonyl (C=O) groups is 1. The molecule has 0 radical (unpaired) electrons. The highest BCUT2D eigenvalue weighted by Gasteiger charge is 2.53. The summed E-state index contributed by atoms with van der Waals surface area (Å²) in [6, 6.07) is 14.3. The molecule has 2 fully saturated rings. The van der Waals surface area contributed by atoms with Crippen LogP contribution in [0.15, 0.2) is 42.5 Å². The number of rotatable bonds is 2. The van der Waals surface area contributed by atoms with Crippen LogP contribution in [-0.2, 0) is 0 Å². The zero-order valence-electron chi connectivity index (χ0n) is 11.1. The highest BCUT2D eigenvalue weighted by molar-refractivity contribution is 6.01. The van der Waals surface area contributed by atoms with Gasteiger partial charge in [-0.1, -0.05) is 36.4 Å². The van der Waals surface area contributed by atoms with Gasteiger partial charge in [0.25, 0.3) is 0 Å². The van der Waals surface area contributed by atoms with Crippen LogP contribution in [0.1, 0.15) is 0 Å². The van der Waals surface area contributed by atoms with Crippen molar-refractivity contribution >= 4 is 22.5 Å². The third kappa shape index (κ3) is 1.93. The van der Waals surface area contributed by atoms with Crippen LogP contribution in [0.3, 0.4) is 0 Å². The molecule has 0 spiro atoms. The van der Waals surface area contributed by atoms with Gasteiger partial charge in [0.05, 0.1) is 5.69 Å². The monoisotopic (exact) mass is 267 g/mol. The van der Waals surface area contributed by atoms with Gasteiger partial charge < -0.3 is 16.0 Å².